The molecule has 1 amide bonds. The Morgan fingerprint density at radius 1 is 1.34 bits per heavy atom. The van der Waals surface area contributed by atoms with E-state index in [1.807, 2.05) is 24.3 Å². The summed E-state index contributed by atoms with van der Waals surface area (Å²) in [4.78, 5) is 29.8. The molecule has 0 saturated carbocycles. The Hall–Kier alpha value is -3.62. The van der Waals surface area contributed by atoms with Crippen LogP contribution >= 0.6 is 0 Å². The first-order chi connectivity index (χ1) is 14.0. The van der Waals surface area contributed by atoms with Crippen molar-refractivity contribution in [1.82, 2.24) is 4.90 Å². The fourth-order valence-corrected chi connectivity index (χ4v) is 3.60. The van der Waals surface area contributed by atoms with Crippen LogP contribution < -0.4 is 10.1 Å². The van der Waals surface area contributed by atoms with E-state index in [0.717, 1.165) is 30.2 Å². The molecule has 0 bridgehead atoms. The van der Waals surface area contributed by atoms with E-state index in [2.05, 4.69) is 15.2 Å². The van der Waals surface area contributed by atoms with Gasteiger partial charge in [0.15, 0.2) is 11.9 Å². The van der Waals surface area contributed by atoms with Crippen molar-refractivity contribution in [3.8, 4) is 5.75 Å². The van der Waals surface area contributed by atoms with Gasteiger partial charge in [-0.1, -0.05) is 18.2 Å². The number of nitrogens with one attached hydrogen (secondary N) is 1. The number of nitro benzene ring substituents is 1. The number of carbonyl (C=O) groups is 1. The molecule has 1 N–H and O–H groups in total. The highest BCUT2D eigenvalue weighted by molar-refractivity contribution is 5.95. The quantitative estimate of drug-likeness (QED) is 0.623. The molecule has 0 unspecified atom stereocenters. The Kier molecular flexibility index (Phi) is 4.79. The molecule has 2 heterocycles. The molecule has 150 valence electrons. The Morgan fingerprint density at radius 3 is 2.90 bits per heavy atom. The number of benzene rings is 2. The zero-order valence-corrected chi connectivity index (χ0v) is 16.0. The van der Waals surface area contributed by atoms with E-state index in [1.165, 1.54) is 19.2 Å². The highest BCUT2D eigenvalue weighted by Crippen LogP contribution is 2.34. The van der Waals surface area contributed by atoms with Crippen LogP contribution in [0.1, 0.15) is 17.5 Å². The lowest BCUT2D eigenvalue weighted by molar-refractivity contribution is -0.385. The number of amidine groups is 1. The molecule has 2 aliphatic heterocycles. The molecule has 9 heteroatoms. The molecule has 2 aromatic carbocycles. The number of fused-ring (bicyclic) bond motifs is 2. The van der Waals surface area contributed by atoms with Gasteiger partial charge in [0.1, 0.15) is 5.84 Å². The van der Waals surface area contributed by atoms with Crippen LogP contribution in [0.15, 0.2) is 41.4 Å². The standard InChI is InChI=1S/C20H20N4O5/c1-12-9-16(24(26)27)18(28-2)10-15(12)22-20(25)29-17-7-8-23-11-13-5-3-4-6-14(13)21-19(17)23/h3-6,9-10,17H,7-8,11H2,1-2H3,(H,22,25)/t17-/m1/s1. The first-order valence-corrected chi connectivity index (χ1v) is 9.18. The lowest BCUT2D eigenvalue weighted by Gasteiger charge is -2.26. The summed E-state index contributed by atoms with van der Waals surface area (Å²) in [6.45, 7) is 3.17. The summed E-state index contributed by atoms with van der Waals surface area (Å²) < 4.78 is 10.7. The van der Waals surface area contributed by atoms with Crippen molar-refractivity contribution in [2.45, 2.75) is 26.0 Å². The average molecular weight is 396 g/mol. The van der Waals surface area contributed by atoms with E-state index in [0.29, 0.717) is 17.7 Å². The van der Waals surface area contributed by atoms with Crippen LogP contribution in [-0.4, -0.2) is 41.5 Å². The van der Waals surface area contributed by atoms with Crippen molar-refractivity contribution >= 4 is 29.0 Å². The number of carbonyl (C=O) groups excluding carboxylic acids is 1. The fraction of sp³-hybridized carbons (Fsp3) is 0.300. The molecule has 2 aliphatic rings. The number of anilines is 1. The largest absolute Gasteiger partial charge is 0.490 e. The van der Waals surface area contributed by atoms with Gasteiger partial charge in [-0.05, 0) is 24.1 Å². The summed E-state index contributed by atoms with van der Waals surface area (Å²) in [5.41, 5.74) is 2.81. The van der Waals surface area contributed by atoms with Crippen molar-refractivity contribution in [1.29, 1.82) is 0 Å². The highest BCUT2D eigenvalue weighted by atomic mass is 16.6. The first-order valence-electron chi connectivity index (χ1n) is 9.18. The van der Waals surface area contributed by atoms with Crippen LogP contribution in [0.5, 0.6) is 5.75 Å². The smallest absolute Gasteiger partial charge is 0.412 e. The molecular weight excluding hydrogens is 376 g/mol. The van der Waals surface area contributed by atoms with Gasteiger partial charge in [-0.15, -0.1) is 0 Å². The predicted octanol–water partition coefficient (Wildman–Crippen LogP) is 3.78. The van der Waals surface area contributed by atoms with E-state index in [1.54, 1.807) is 6.92 Å². The minimum Gasteiger partial charge on any atom is -0.490 e. The topological polar surface area (TPSA) is 106 Å². The minimum atomic E-state index is -0.641. The maximum absolute atomic E-state index is 12.5. The molecule has 9 nitrogen and oxygen atoms in total. The summed E-state index contributed by atoms with van der Waals surface area (Å²) >= 11 is 0. The van der Waals surface area contributed by atoms with Crippen molar-refractivity contribution in [2.75, 3.05) is 19.0 Å². The van der Waals surface area contributed by atoms with Crippen LogP contribution in [0.2, 0.25) is 0 Å². The summed E-state index contributed by atoms with van der Waals surface area (Å²) in [6.07, 6.45) is -0.427. The number of para-hydroxylation sites is 1. The number of hydrogen-bond acceptors (Lipinski definition) is 7. The zero-order chi connectivity index (χ0) is 20.5. The normalized spacial score (nSPS) is 17.1. The number of nitrogens with zero attached hydrogens (tertiary/aromatic N) is 3. The zero-order valence-electron chi connectivity index (χ0n) is 16.0. The number of methoxy groups -OCH3 is 1. The van der Waals surface area contributed by atoms with Crippen LogP contribution in [-0.2, 0) is 11.3 Å². The van der Waals surface area contributed by atoms with Crippen LogP contribution in [0.3, 0.4) is 0 Å². The second kappa shape index (κ2) is 7.42. The van der Waals surface area contributed by atoms with Gasteiger partial charge in [0.05, 0.1) is 23.4 Å². The molecule has 4 rings (SSSR count). The van der Waals surface area contributed by atoms with Gasteiger partial charge < -0.3 is 14.4 Å². The third-order valence-corrected chi connectivity index (χ3v) is 5.07. The molecular formula is C20H20N4O5. The molecule has 29 heavy (non-hydrogen) atoms. The van der Waals surface area contributed by atoms with Crippen molar-refractivity contribution in [2.24, 2.45) is 4.99 Å². The Balaban J connectivity index is 1.50. The van der Waals surface area contributed by atoms with Gasteiger partial charge in [-0.2, -0.15) is 0 Å². The number of hydrogen-bond donors (Lipinski definition) is 1. The van der Waals surface area contributed by atoms with Gasteiger partial charge in [-0.3, -0.25) is 15.4 Å². The number of amides is 1. The predicted molar refractivity (Wildman–Crippen MR) is 107 cm³/mol. The van der Waals surface area contributed by atoms with Gasteiger partial charge in [-0.25, -0.2) is 9.79 Å². The lowest BCUT2D eigenvalue weighted by Crippen LogP contribution is -2.34. The van der Waals surface area contributed by atoms with E-state index < -0.39 is 17.1 Å². The molecule has 1 atom stereocenters. The van der Waals surface area contributed by atoms with E-state index in [9.17, 15) is 14.9 Å². The van der Waals surface area contributed by atoms with Crippen LogP contribution in [0, 0.1) is 17.0 Å². The number of nitro groups is 1. The van der Waals surface area contributed by atoms with E-state index >= 15 is 0 Å². The molecule has 2 aromatic rings. The second-order valence-electron chi connectivity index (χ2n) is 6.92. The van der Waals surface area contributed by atoms with E-state index in [-0.39, 0.29) is 11.4 Å². The molecule has 1 fully saturated rings. The number of ether oxygens (including phenoxy) is 2. The molecule has 0 spiro atoms. The number of aliphatic imine (C=N–C) groups is 1. The van der Waals surface area contributed by atoms with Gasteiger partial charge in [0, 0.05) is 31.6 Å². The summed E-state index contributed by atoms with van der Waals surface area (Å²) in [6, 6.07) is 10.7. The van der Waals surface area contributed by atoms with Crippen molar-refractivity contribution < 1.29 is 19.2 Å². The number of rotatable bonds is 4. The summed E-state index contributed by atoms with van der Waals surface area (Å²) in [5.74, 6) is 0.813. The van der Waals surface area contributed by atoms with Crippen LogP contribution in [0.4, 0.5) is 21.9 Å². The fourth-order valence-electron chi connectivity index (χ4n) is 3.60. The Labute approximate surface area is 167 Å². The average Bonchev–Trinajstić information content (AvgIpc) is 3.08. The molecule has 0 aliphatic carbocycles. The maximum Gasteiger partial charge on any atom is 0.412 e. The van der Waals surface area contributed by atoms with Crippen molar-refractivity contribution in [3.63, 3.8) is 0 Å². The molecule has 0 aromatic heterocycles. The third-order valence-electron chi connectivity index (χ3n) is 5.07. The highest BCUT2D eigenvalue weighted by Gasteiger charge is 2.35. The Bertz CT molecular complexity index is 1020. The maximum atomic E-state index is 12.5. The van der Waals surface area contributed by atoms with Gasteiger partial charge >= 0.3 is 11.8 Å². The SMILES string of the molecule is COc1cc(NC(=O)O[C@@H]2CCN3Cc4ccccc4N=C23)c(C)cc1[N+](=O)[O-]. The summed E-state index contributed by atoms with van der Waals surface area (Å²) in [5, 5.41) is 13.8. The third kappa shape index (κ3) is 3.58. The first kappa shape index (κ1) is 18.7. The van der Waals surface area contributed by atoms with Gasteiger partial charge in [0.25, 0.3) is 0 Å². The number of aryl methyl sites for hydroxylation is 1. The molecule has 0 radical (unpaired) electrons. The monoisotopic (exact) mass is 396 g/mol. The molecule has 1 saturated heterocycles. The van der Waals surface area contributed by atoms with Crippen LogP contribution in [0.25, 0.3) is 0 Å². The Morgan fingerprint density at radius 2 is 2.14 bits per heavy atom. The lowest BCUT2D eigenvalue weighted by atomic mass is 10.1. The second-order valence-corrected chi connectivity index (χ2v) is 6.92. The van der Waals surface area contributed by atoms with Gasteiger partial charge in [0.2, 0.25) is 0 Å². The summed E-state index contributed by atoms with van der Waals surface area (Å²) in [7, 11) is 1.34. The van der Waals surface area contributed by atoms with Crippen molar-refractivity contribution in [3.05, 3.63) is 57.6 Å². The minimum absolute atomic E-state index is 0.0659. The van der Waals surface area contributed by atoms with E-state index in [4.69, 9.17) is 9.47 Å².